The number of rotatable bonds is 0. The SMILES string of the molecule is Cn1cc(C#CCCl)c(N)n1. The number of aromatic nitrogens is 2. The number of hydrogen-bond donors (Lipinski definition) is 1. The van der Waals surface area contributed by atoms with Gasteiger partial charge in [-0.15, -0.1) is 11.6 Å². The van der Waals surface area contributed by atoms with Gasteiger partial charge in [-0.1, -0.05) is 11.8 Å². The van der Waals surface area contributed by atoms with E-state index in [0.29, 0.717) is 11.7 Å². The Kier molecular flexibility index (Phi) is 2.40. The third-order valence-electron chi connectivity index (χ3n) is 1.15. The van der Waals surface area contributed by atoms with Crippen LogP contribution in [0.2, 0.25) is 0 Å². The topological polar surface area (TPSA) is 43.8 Å². The summed E-state index contributed by atoms with van der Waals surface area (Å²) < 4.78 is 1.62. The number of alkyl halides is 1. The molecule has 0 aliphatic rings. The number of aryl methyl sites for hydroxylation is 1. The summed E-state index contributed by atoms with van der Waals surface area (Å²) in [5, 5.41) is 3.91. The fourth-order valence-electron chi connectivity index (χ4n) is 0.731. The maximum atomic E-state index is 5.50. The number of nitrogen functional groups attached to an aromatic ring is 1. The van der Waals surface area contributed by atoms with Crippen LogP contribution in [0.15, 0.2) is 6.20 Å². The molecule has 0 unspecified atom stereocenters. The minimum absolute atomic E-state index is 0.314. The van der Waals surface area contributed by atoms with Crippen LogP contribution in [0.1, 0.15) is 5.56 Å². The molecule has 1 aromatic heterocycles. The summed E-state index contributed by atoms with van der Waals surface area (Å²) >= 11 is 5.37. The zero-order valence-electron chi connectivity index (χ0n) is 6.13. The Morgan fingerprint density at radius 1 is 1.82 bits per heavy atom. The quantitative estimate of drug-likeness (QED) is 0.457. The van der Waals surface area contributed by atoms with Crippen LogP contribution in [0.4, 0.5) is 5.82 Å². The van der Waals surface area contributed by atoms with Crippen molar-refractivity contribution in [2.24, 2.45) is 7.05 Å². The first-order chi connectivity index (χ1) is 5.24. The molecule has 1 aromatic rings. The van der Waals surface area contributed by atoms with Crippen molar-refractivity contribution in [1.29, 1.82) is 0 Å². The van der Waals surface area contributed by atoms with Gasteiger partial charge in [-0.3, -0.25) is 4.68 Å². The number of nitrogens with zero attached hydrogens (tertiary/aromatic N) is 2. The highest BCUT2D eigenvalue weighted by Gasteiger charge is 1.97. The van der Waals surface area contributed by atoms with Crippen molar-refractivity contribution in [2.45, 2.75) is 0 Å². The lowest BCUT2D eigenvalue weighted by atomic mass is 10.3. The van der Waals surface area contributed by atoms with Crippen LogP contribution in [-0.2, 0) is 7.05 Å². The lowest BCUT2D eigenvalue weighted by Crippen LogP contribution is -1.90. The van der Waals surface area contributed by atoms with Crippen molar-refractivity contribution in [2.75, 3.05) is 11.6 Å². The van der Waals surface area contributed by atoms with Crippen LogP contribution in [0, 0.1) is 11.8 Å². The molecule has 0 saturated carbocycles. The Balaban J connectivity index is 2.94. The molecule has 58 valence electrons. The standard InChI is InChI=1S/C7H8ClN3/c1-11-5-6(3-2-4-8)7(9)10-11/h5H,4H2,1H3,(H2,9,10). The summed E-state index contributed by atoms with van der Waals surface area (Å²) in [5.74, 6) is 6.26. The zero-order valence-corrected chi connectivity index (χ0v) is 6.89. The minimum atomic E-state index is 0.314. The van der Waals surface area contributed by atoms with Crippen molar-refractivity contribution in [3.8, 4) is 11.8 Å². The van der Waals surface area contributed by atoms with Gasteiger partial charge in [0, 0.05) is 13.2 Å². The summed E-state index contributed by atoms with van der Waals surface area (Å²) in [6.07, 6.45) is 1.76. The molecule has 1 rings (SSSR count). The third kappa shape index (κ3) is 1.89. The van der Waals surface area contributed by atoms with Gasteiger partial charge in [-0.25, -0.2) is 0 Å². The second kappa shape index (κ2) is 3.31. The molecule has 0 aromatic carbocycles. The van der Waals surface area contributed by atoms with Crippen molar-refractivity contribution < 1.29 is 0 Å². The molecule has 1 heterocycles. The Bertz CT molecular complexity index is 305. The molecule has 0 aliphatic heterocycles. The van der Waals surface area contributed by atoms with E-state index in [1.54, 1.807) is 17.9 Å². The van der Waals surface area contributed by atoms with Gasteiger partial charge in [0.25, 0.3) is 0 Å². The Morgan fingerprint density at radius 3 is 3.00 bits per heavy atom. The third-order valence-corrected chi connectivity index (χ3v) is 1.28. The van der Waals surface area contributed by atoms with E-state index in [2.05, 4.69) is 16.9 Å². The van der Waals surface area contributed by atoms with Crippen LogP contribution in [0.5, 0.6) is 0 Å². The maximum Gasteiger partial charge on any atom is 0.161 e. The molecule has 2 N–H and O–H groups in total. The lowest BCUT2D eigenvalue weighted by molar-refractivity contribution is 0.772. The van der Waals surface area contributed by atoms with E-state index < -0.39 is 0 Å². The molecule has 0 radical (unpaired) electrons. The molecule has 3 nitrogen and oxygen atoms in total. The van der Waals surface area contributed by atoms with E-state index in [4.69, 9.17) is 17.3 Å². The van der Waals surface area contributed by atoms with Crippen molar-refractivity contribution in [3.05, 3.63) is 11.8 Å². The van der Waals surface area contributed by atoms with E-state index in [9.17, 15) is 0 Å². The summed E-state index contributed by atoms with van der Waals surface area (Å²) in [4.78, 5) is 0. The van der Waals surface area contributed by atoms with E-state index in [-0.39, 0.29) is 0 Å². The summed E-state index contributed by atoms with van der Waals surface area (Å²) in [6.45, 7) is 0. The van der Waals surface area contributed by atoms with Crippen molar-refractivity contribution in [1.82, 2.24) is 9.78 Å². The Hall–Kier alpha value is -1.14. The predicted molar refractivity (Wildman–Crippen MR) is 45.2 cm³/mol. The lowest BCUT2D eigenvalue weighted by Gasteiger charge is -1.80. The van der Waals surface area contributed by atoms with Gasteiger partial charge >= 0.3 is 0 Å². The average molecular weight is 170 g/mol. The van der Waals surface area contributed by atoms with Crippen molar-refractivity contribution in [3.63, 3.8) is 0 Å². The van der Waals surface area contributed by atoms with Gasteiger partial charge in [0.2, 0.25) is 0 Å². The van der Waals surface area contributed by atoms with Crippen LogP contribution in [0.25, 0.3) is 0 Å². The molecular formula is C7H8ClN3. The molecule has 0 aliphatic carbocycles. The van der Waals surface area contributed by atoms with Gasteiger partial charge in [0.05, 0.1) is 11.4 Å². The number of hydrogen-bond acceptors (Lipinski definition) is 2. The normalized spacial score (nSPS) is 8.91. The second-order valence-corrected chi connectivity index (χ2v) is 2.30. The predicted octanol–water partition coefficient (Wildman–Crippen LogP) is 0.593. The van der Waals surface area contributed by atoms with Crippen LogP contribution in [-0.4, -0.2) is 15.7 Å². The molecule has 0 atom stereocenters. The minimum Gasteiger partial charge on any atom is -0.381 e. The van der Waals surface area contributed by atoms with E-state index in [0.717, 1.165) is 5.56 Å². The summed E-state index contributed by atoms with van der Waals surface area (Å²) in [5.41, 5.74) is 6.23. The fourth-order valence-corrected chi connectivity index (χ4v) is 0.797. The summed E-state index contributed by atoms with van der Waals surface area (Å²) in [6, 6.07) is 0. The zero-order chi connectivity index (χ0) is 8.27. The molecule has 0 bridgehead atoms. The molecule has 0 saturated heterocycles. The average Bonchev–Trinajstić information content (AvgIpc) is 2.26. The Morgan fingerprint density at radius 2 is 2.55 bits per heavy atom. The summed E-state index contributed by atoms with van der Waals surface area (Å²) in [7, 11) is 1.79. The first kappa shape index (κ1) is 7.96. The molecule has 0 spiro atoms. The van der Waals surface area contributed by atoms with E-state index in [1.807, 2.05) is 0 Å². The van der Waals surface area contributed by atoms with Crippen LogP contribution >= 0.6 is 11.6 Å². The van der Waals surface area contributed by atoms with Crippen LogP contribution < -0.4 is 5.73 Å². The second-order valence-electron chi connectivity index (χ2n) is 2.04. The van der Waals surface area contributed by atoms with Gasteiger partial charge in [0.15, 0.2) is 5.82 Å². The highest BCUT2D eigenvalue weighted by molar-refractivity contribution is 6.19. The molecular weight excluding hydrogens is 162 g/mol. The first-order valence-corrected chi connectivity index (χ1v) is 3.61. The first-order valence-electron chi connectivity index (χ1n) is 3.08. The van der Waals surface area contributed by atoms with Crippen molar-refractivity contribution >= 4 is 17.4 Å². The molecule has 11 heavy (non-hydrogen) atoms. The van der Waals surface area contributed by atoms with Crippen LogP contribution in [0.3, 0.4) is 0 Å². The number of anilines is 1. The van der Waals surface area contributed by atoms with Gasteiger partial charge in [0.1, 0.15) is 0 Å². The highest BCUT2D eigenvalue weighted by Crippen LogP contribution is 2.04. The number of halogens is 1. The smallest absolute Gasteiger partial charge is 0.161 e. The largest absolute Gasteiger partial charge is 0.381 e. The molecule has 0 amide bonds. The monoisotopic (exact) mass is 169 g/mol. The number of nitrogens with two attached hydrogens (primary N) is 1. The highest BCUT2D eigenvalue weighted by atomic mass is 35.5. The fraction of sp³-hybridized carbons (Fsp3) is 0.286. The van der Waals surface area contributed by atoms with E-state index >= 15 is 0 Å². The van der Waals surface area contributed by atoms with E-state index in [1.165, 1.54) is 0 Å². The van der Waals surface area contributed by atoms with Gasteiger partial charge in [-0.2, -0.15) is 5.10 Å². The van der Waals surface area contributed by atoms with Gasteiger partial charge in [-0.05, 0) is 0 Å². The molecule has 0 fully saturated rings. The van der Waals surface area contributed by atoms with Gasteiger partial charge < -0.3 is 5.73 Å². The maximum absolute atomic E-state index is 5.50. The molecule has 4 heteroatoms. The Labute approximate surface area is 70.1 Å².